The Kier molecular flexibility index (Phi) is 8.67. The Hall–Kier alpha value is -2.64. The summed E-state index contributed by atoms with van der Waals surface area (Å²) in [5.74, 6) is 0.509. The Morgan fingerprint density at radius 1 is 1.06 bits per heavy atom. The number of carbonyl (C=O) groups excluding carboxylic acids is 1. The number of hydrogen-bond donors (Lipinski definition) is 1. The molecule has 7 heteroatoms. The van der Waals surface area contributed by atoms with Crippen LogP contribution >= 0.6 is 11.8 Å². The van der Waals surface area contributed by atoms with Crippen molar-refractivity contribution in [2.24, 2.45) is 0 Å². The Balaban J connectivity index is 1.70. The predicted molar refractivity (Wildman–Crippen MR) is 129 cm³/mol. The van der Waals surface area contributed by atoms with Gasteiger partial charge in [0.15, 0.2) is 5.16 Å². The zero-order chi connectivity index (χ0) is 22.1. The van der Waals surface area contributed by atoms with E-state index >= 15 is 0 Å². The lowest BCUT2D eigenvalue weighted by Crippen LogP contribution is -2.28. The number of nitrogens with one attached hydrogen (secondary N) is 1. The van der Waals surface area contributed by atoms with Crippen molar-refractivity contribution in [2.75, 3.05) is 30.7 Å². The van der Waals surface area contributed by atoms with Crippen LogP contribution in [0.3, 0.4) is 0 Å². The highest BCUT2D eigenvalue weighted by Gasteiger charge is 2.13. The molecule has 2 aromatic carbocycles. The molecular formula is C24H30N4O2S. The third kappa shape index (κ3) is 6.42. The average Bonchev–Trinajstić information content (AvgIpc) is 2.79. The van der Waals surface area contributed by atoms with Crippen LogP contribution in [0, 0.1) is 0 Å². The molecular weight excluding hydrogens is 408 g/mol. The molecule has 6 nitrogen and oxygen atoms in total. The summed E-state index contributed by atoms with van der Waals surface area (Å²) in [6, 6.07) is 16.9. The van der Waals surface area contributed by atoms with E-state index in [1.807, 2.05) is 54.6 Å². The summed E-state index contributed by atoms with van der Waals surface area (Å²) in [6.45, 7) is 7.85. The number of anilines is 1. The second-order valence-electron chi connectivity index (χ2n) is 7.26. The molecule has 0 aliphatic carbocycles. The maximum Gasteiger partial charge on any atom is 0.262 e. The molecule has 3 rings (SSSR count). The first-order valence-corrected chi connectivity index (χ1v) is 11.8. The van der Waals surface area contributed by atoms with Crippen molar-refractivity contribution >= 4 is 34.3 Å². The third-order valence-electron chi connectivity index (χ3n) is 5.19. The zero-order valence-corrected chi connectivity index (χ0v) is 19.0. The summed E-state index contributed by atoms with van der Waals surface area (Å²) in [5.41, 5.74) is 1.47. The lowest BCUT2D eigenvalue weighted by atomic mass is 10.2. The van der Waals surface area contributed by atoms with Gasteiger partial charge in [0.1, 0.15) is 0 Å². The van der Waals surface area contributed by atoms with E-state index < -0.39 is 0 Å². The van der Waals surface area contributed by atoms with E-state index in [1.165, 1.54) is 11.8 Å². The summed E-state index contributed by atoms with van der Waals surface area (Å²) in [4.78, 5) is 32.5. The topological polar surface area (TPSA) is 67.2 Å². The summed E-state index contributed by atoms with van der Waals surface area (Å²) in [7, 11) is 0. The van der Waals surface area contributed by atoms with Gasteiger partial charge >= 0.3 is 0 Å². The van der Waals surface area contributed by atoms with Gasteiger partial charge in [0, 0.05) is 24.4 Å². The highest BCUT2D eigenvalue weighted by molar-refractivity contribution is 7.99. The number of para-hydroxylation sites is 2. The highest BCUT2D eigenvalue weighted by Crippen LogP contribution is 2.19. The van der Waals surface area contributed by atoms with Gasteiger partial charge < -0.3 is 10.2 Å². The monoisotopic (exact) mass is 438 g/mol. The number of amides is 1. The molecule has 0 spiro atoms. The highest BCUT2D eigenvalue weighted by atomic mass is 32.2. The first kappa shape index (κ1) is 23.0. The lowest BCUT2D eigenvalue weighted by molar-refractivity contribution is -0.115. The van der Waals surface area contributed by atoms with Gasteiger partial charge in [-0.3, -0.25) is 14.2 Å². The molecule has 0 saturated heterocycles. The molecule has 0 radical (unpaired) electrons. The molecule has 1 heterocycles. The van der Waals surface area contributed by atoms with Gasteiger partial charge in [-0.05, 0) is 50.3 Å². The number of fused-ring (bicyclic) bond motifs is 1. The predicted octanol–water partition coefficient (Wildman–Crippen LogP) is 4.25. The Labute approximate surface area is 187 Å². The van der Waals surface area contributed by atoms with E-state index in [0.29, 0.717) is 34.8 Å². The molecule has 0 atom stereocenters. The molecule has 31 heavy (non-hydrogen) atoms. The fourth-order valence-corrected chi connectivity index (χ4v) is 4.39. The van der Waals surface area contributed by atoms with Gasteiger partial charge in [-0.2, -0.15) is 0 Å². The van der Waals surface area contributed by atoms with Crippen LogP contribution in [0.25, 0.3) is 10.9 Å². The number of benzene rings is 2. The van der Waals surface area contributed by atoms with Crippen molar-refractivity contribution in [1.29, 1.82) is 0 Å². The molecule has 1 amide bonds. The van der Waals surface area contributed by atoms with Crippen molar-refractivity contribution in [3.63, 3.8) is 0 Å². The largest absolute Gasteiger partial charge is 0.326 e. The zero-order valence-electron chi connectivity index (χ0n) is 18.2. The summed E-state index contributed by atoms with van der Waals surface area (Å²) in [6.07, 6.45) is 1.23. The van der Waals surface area contributed by atoms with Gasteiger partial charge in [-0.15, -0.1) is 0 Å². The molecule has 1 N–H and O–H groups in total. The van der Waals surface area contributed by atoms with Crippen LogP contribution in [0.4, 0.5) is 5.69 Å². The van der Waals surface area contributed by atoms with Gasteiger partial charge in [0.05, 0.1) is 10.9 Å². The quantitative estimate of drug-likeness (QED) is 0.358. The van der Waals surface area contributed by atoms with E-state index in [1.54, 1.807) is 4.57 Å². The minimum atomic E-state index is -0.0464. The van der Waals surface area contributed by atoms with E-state index in [9.17, 15) is 9.59 Å². The molecule has 0 aliphatic heterocycles. The van der Waals surface area contributed by atoms with Crippen molar-refractivity contribution in [2.45, 2.75) is 38.4 Å². The fourth-order valence-electron chi connectivity index (χ4n) is 3.43. The Morgan fingerprint density at radius 3 is 2.52 bits per heavy atom. The van der Waals surface area contributed by atoms with Crippen LogP contribution in [0.5, 0.6) is 0 Å². The van der Waals surface area contributed by atoms with Crippen LogP contribution in [-0.2, 0) is 11.3 Å². The fraction of sp³-hybridized carbons (Fsp3) is 0.375. The summed E-state index contributed by atoms with van der Waals surface area (Å²) in [5, 5.41) is 4.21. The van der Waals surface area contributed by atoms with Crippen molar-refractivity contribution in [3.8, 4) is 0 Å². The first-order chi connectivity index (χ1) is 15.1. The SMILES string of the molecule is CCN(CC)CCCn1c(SCCC(=O)Nc2ccccc2)nc2ccccc2c1=O. The smallest absolute Gasteiger partial charge is 0.262 e. The average molecular weight is 439 g/mol. The number of hydrogen-bond acceptors (Lipinski definition) is 5. The normalized spacial score (nSPS) is 11.2. The van der Waals surface area contributed by atoms with Crippen LogP contribution < -0.4 is 10.9 Å². The van der Waals surface area contributed by atoms with Gasteiger partial charge in [-0.1, -0.05) is 55.9 Å². The number of rotatable bonds is 11. The molecule has 0 fully saturated rings. The third-order valence-corrected chi connectivity index (χ3v) is 6.17. The number of thioether (sulfide) groups is 1. The molecule has 0 aliphatic rings. The van der Waals surface area contributed by atoms with Gasteiger partial charge in [-0.25, -0.2) is 4.98 Å². The maximum atomic E-state index is 13.1. The minimum absolute atomic E-state index is 0.0126. The standard InChI is InChI=1S/C24H30N4O2S/c1-3-27(4-2)16-10-17-28-23(30)20-13-8-9-14-21(20)26-24(28)31-18-15-22(29)25-19-11-6-5-7-12-19/h5-9,11-14H,3-4,10,15-18H2,1-2H3,(H,25,29). The molecule has 164 valence electrons. The lowest BCUT2D eigenvalue weighted by Gasteiger charge is -2.19. The number of aromatic nitrogens is 2. The molecule has 3 aromatic rings. The van der Waals surface area contributed by atoms with Gasteiger partial charge in [0.25, 0.3) is 5.56 Å². The second-order valence-corrected chi connectivity index (χ2v) is 8.32. The summed E-state index contributed by atoms with van der Waals surface area (Å²) >= 11 is 1.46. The van der Waals surface area contributed by atoms with Crippen molar-refractivity contribution in [1.82, 2.24) is 14.5 Å². The maximum absolute atomic E-state index is 13.1. The van der Waals surface area contributed by atoms with Crippen LogP contribution in [0.1, 0.15) is 26.7 Å². The van der Waals surface area contributed by atoms with E-state index in [0.717, 1.165) is 31.7 Å². The minimum Gasteiger partial charge on any atom is -0.326 e. The van der Waals surface area contributed by atoms with Gasteiger partial charge in [0.2, 0.25) is 5.91 Å². The van der Waals surface area contributed by atoms with Crippen molar-refractivity contribution in [3.05, 3.63) is 65.0 Å². The molecule has 1 aromatic heterocycles. The van der Waals surface area contributed by atoms with E-state index in [2.05, 4.69) is 24.1 Å². The van der Waals surface area contributed by atoms with Crippen LogP contribution in [0.2, 0.25) is 0 Å². The van der Waals surface area contributed by atoms with Crippen molar-refractivity contribution < 1.29 is 4.79 Å². The first-order valence-electron chi connectivity index (χ1n) is 10.8. The molecule has 0 saturated carbocycles. The summed E-state index contributed by atoms with van der Waals surface area (Å²) < 4.78 is 1.77. The Bertz CT molecular complexity index is 1050. The van der Waals surface area contributed by atoms with Crippen LogP contribution in [-0.4, -0.2) is 45.7 Å². The number of nitrogens with zero attached hydrogens (tertiary/aromatic N) is 3. The van der Waals surface area contributed by atoms with E-state index in [4.69, 9.17) is 4.98 Å². The molecule has 0 bridgehead atoms. The molecule has 0 unspecified atom stereocenters. The number of carbonyl (C=O) groups is 1. The Morgan fingerprint density at radius 2 is 1.77 bits per heavy atom. The van der Waals surface area contributed by atoms with E-state index in [-0.39, 0.29) is 11.5 Å². The van der Waals surface area contributed by atoms with Crippen LogP contribution in [0.15, 0.2) is 64.5 Å². The second kappa shape index (κ2) is 11.7.